The van der Waals surface area contributed by atoms with Crippen LogP contribution in [0.5, 0.6) is 17.2 Å². The summed E-state index contributed by atoms with van der Waals surface area (Å²) in [6.45, 7) is 0. The second-order valence-electron chi connectivity index (χ2n) is 5.93. The smallest absolute Gasteiger partial charge is 0.274 e. The molecule has 0 unspecified atom stereocenters. The van der Waals surface area contributed by atoms with Crippen LogP contribution in [0.25, 0.3) is 0 Å². The Balaban J connectivity index is 1.82. The Labute approximate surface area is 167 Å². The second kappa shape index (κ2) is 8.92. The van der Waals surface area contributed by atoms with Crippen LogP contribution in [0.15, 0.2) is 54.7 Å². The number of carbonyl (C=O) groups is 1. The van der Waals surface area contributed by atoms with Gasteiger partial charge in [-0.1, -0.05) is 6.07 Å². The highest BCUT2D eigenvalue weighted by Crippen LogP contribution is 2.40. The van der Waals surface area contributed by atoms with Crippen molar-refractivity contribution in [3.8, 4) is 17.2 Å². The molecule has 1 amide bonds. The van der Waals surface area contributed by atoms with Crippen LogP contribution in [-0.2, 0) is 0 Å². The molecule has 0 fully saturated rings. The van der Waals surface area contributed by atoms with Gasteiger partial charge in [-0.05, 0) is 30.3 Å². The van der Waals surface area contributed by atoms with Crippen molar-refractivity contribution >= 4 is 23.0 Å². The molecule has 0 saturated carbocycles. The first-order valence-electron chi connectivity index (χ1n) is 8.64. The molecule has 3 aromatic rings. The van der Waals surface area contributed by atoms with Gasteiger partial charge in [0.2, 0.25) is 5.75 Å². The third-order valence-electron chi connectivity index (χ3n) is 4.03. The topological polar surface area (TPSA) is 81.7 Å². The lowest BCUT2D eigenvalue weighted by atomic mass is 10.2. The number of carbonyl (C=O) groups excluding carboxylic acids is 1. The third kappa shape index (κ3) is 4.73. The van der Waals surface area contributed by atoms with Crippen molar-refractivity contribution in [1.29, 1.82) is 0 Å². The molecule has 7 nitrogen and oxygen atoms in total. The average Bonchev–Trinajstić information content (AvgIpc) is 2.73. The lowest BCUT2D eigenvalue weighted by molar-refractivity contribution is 0.102. The molecule has 0 aliphatic rings. The van der Waals surface area contributed by atoms with E-state index in [1.54, 1.807) is 30.3 Å². The first-order valence-corrected chi connectivity index (χ1v) is 8.64. The summed E-state index contributed by atoms with van der Waals surface area (Å²) in [5.41, 5.74) is 1.81. The lowest BCUT2D eigenvalue weighted by Crippen LogP contribution is -2.14. The summed E-state index contributed by atoms with van der Waals surface area (Å²) in [6.07, 6.45) is 1.50. The van der Waals surface area contributed by atoms with Crippen LogP contribution in [-0.4, -0.2) is 32.2 Å². The van der Waals surface area contributed by atoms with Crippen LogP contribution in [0.3, 0.4) is 0 Å². The lowest BCUT2D eigenvalue weighted by Gasteiger charge is -2.15. The van der Waals surface area contributed by atoms with Crippen LogP contribution in [0.2, 0.25) is 0 Å². The Morgan fingerprint density at radius 1 is 0.897 bits per heavy atom. The number of aromatic nitrogens is 1. The molecule has 3 rings (SSSR count). The number of ether oxygens (including phenoxy) is 3. The van der Waals surface area contributed by atoms with E-state index in [4.69, 9.17) is 14.2 Å². The normalized spacial score (nSPS) is 10.2. The molecule has 0 aliphatic carbocycles. The molecule has 0 aliphatic heterocycles. The first kappa shape index (κ1) is 19.9. The van der Waals surface area contributed by atoms with Gasteiger partial charge in [-0.3, -0.25) is 9.78 Å². The van der Waals surface area contributed by atoms with Crippen molar-refractivity contribution in [3.05, 3.63) is 66.2 Å². The van der Waals surface area contributed by atoms with E-state index >= 15 is 0 Å². The first-order chi connectivity index (χ1) is 14.0. The van der Waals surface area contributed by atoms with Crippen LogP contribution in [0, 0.1) is 5.82 Å². The minimum atomic E-state index is -0.454. The van der Waals surface area contributed by atoms with E-state index in [1.807, 2.05) is 0 Å². The van der Waals surface area contributed by atoms with Crippen LogP contribution in [0.4, 0.5) is 21.5 Å². The maximum Gasteiger partial charge on any atom is 0.274 e. The van der Waals surface area contributed by atoms with Gasteiger partial charge in [0.05, 0.1) is 21.3 Å². The molecular formula is C21H20FN3O4. The van der Waals surface area contributed by atoms with Gasteiger partial charge >= 0.3 is 0 Å². The molecule has 8 heteroatoms. The van der Waals surface area contributed by atoms with E-state index in [9.17, 15) is 9.18 Å². The molecule has 1 aromatic heterocycles. The number of amides is 1. The molecule has 2 N–H and O–H groups in total. The van der Waals surface area contributed by atoms with Gasteiger partial charge in [0.25, 0.3) is 5.91 Å². The number of methoxy groups -OCH3 is 3. The molecule has 0 saturated heterocycles. The van der Waals surface area contributed by atoms with E-state index in [0.717, 1.165) is 0 Å². The largest absolute Gasteiger partial charge is 0.493 e. The standard InChI is InChI=1S/C21H20FN3O4/c1-27-18-11-16(12-19(28-2)20(18)29-3)24-15-7-8-23-17(10-15)21(26)25-14-6-4-5-13(22)9-14/h4-12H,1-3H3,(H,23,24)(H,25,26). The molecule has 150 valence electrons. The van der Waals surface area contributed by atoms with Gasteiger partial charge in [0, 0.05) is 35.4 Å². The van der Waals surface area contributed by atoms with Crippen molar-refractivity contribution in [2.75, 3.05) is 32.0 Å². The number of benzene rings is 2. The van der Waals surface area contributed by atoms with Crippen LogP contribution in [0.1, 0.15) is 10.5 Å². The van der Waals surface area contributed by atoms with Crippen LogP contribution >= 0.6 is 0 Å². The molecule has 29 heavy (non-hydrogen) atoms. The molecular weight excluding hydrogens is 377 g/mol. The highest BCUT2D eigenvalue weighted by molar-refractivity contribution is 6.03. The zero-order chi connectivity index (χ0) is 20.8. The van der Waals surface area contributed by atoms with Crippen molar-refractivity contribution in [2.45, 2.75) is 0 Å². The number of nitrogens with one attached hydrogen (secondary N) is 2. The second-order valence-corrected chi connectivity index (χ2v) is 5.93. The summed E-state index contributed by atoms with van der Waals surface area (Å²) in [7, 11) is 4.59. The molecule has 1 heterocycles. The van der Waals surface area contributed by atoms with Crippen molar-refractivity contribution in [2.24, 2.45) is 0 Å². The Morgan fingerprint density at radius 3 is 2.24 bits per heavy atom. The number of rotatable bonds is 7. The van der Waals surface area contributed by atoms with Gasteiger partial charge in [-0.25, -0.2) is 4.39 Å². The van der Waals surface area contributed by atoms with E-state index in [1.165, 1.54) is 45.7 Å². The molecule has 0 atom stereocenters. The summed E-state index contributed by atoms with van der Waals surface area (Å²) in [5.74, 6) is 0.572. The Kier molecular flexibility index (Phi) is 6.13. The van der Waals surface area contributed by atoms with Crippen molar-refractivity contribution in [3.63, 3.8) is 0 Å². The Hall–Kier alpha value is -3.81. The summed E-state index contributed by atoms with van der Waals surface area (Å²) >= 11 is 0. The van der Waals surface area contributed by atoms with Crippen molar-refractivity contribution < 1.29 is 23.4 Å². The predicted molar refractivity (Wildman–Crippen MR) is 108 cm³/mol. The molecule has 0 radical (unpaired) electrons. The number of nitrogens with zero attached hydrogens (tertiary/aromatic N) is 1. The number of hydrogen-bond donors (Lipinski definition) is 2. The zero-order valence-electron chi connectivity index (χ0n) is 16.2. The van der Waals surface area contributed by atoms with E-state index in [2.05, 4.69) is 15.6 Å². The number of hydrogen-bond acceptors (Lipinski definition) is 6. The fraction of sp³-hybridized carbons (Fsp3) is 0.143. The number of pyridine rings is 1. The fourth-order valence-corrected chi connectivity index (χ4v) is 2.71. The maximum absolute atomic E-state index is 13.3. The third-order valence-corrected chi connectivity index (χ3v) is 4.03. The van der Waals surface area contributed by atoms with Crippen LogP contribution < -0.4 is 24.8 Å². The molecule has 0 bridgehead atoms. The fourth-order valence-electron chi connectivity index (χ4n) is 2.71. The highest BCUT2D eigenvalue weighted by Gasteiger charge is 2.14. The number of halogens is 1. The number of anilines is 3. The SMILES string of the molecule is COc1cc(Nc2ccnc(C(=O)Nc3cccc(F)c3)c2)cc(OC)c1OC. The zero-order valence-corrected chi connectivity index (χ0v) is 16.2. The summed E-state index contributed by atoms with van der Waals surface area (Å²) in [4.78, 5) is 16.5. The molecule has 0 spiro atoms. The van der Waals surface area contributed by atoms with Gasteiger partial charge in [-0.15, -0.1) is 0 Å². The van der Waals surface area contributed by atoms with Gasteiger partial charge in [-0.2, -0.15) is 0 Å². The van der Waals surface area contributed by atoms with E-state index < -0.39 is 11.7 Å². The average molecular weight is 397 g/mol. The van der Waals surface area contributed by atoms with Gasteiger partial charge in [0.1, 0.15) is 11.5 Å². The van der Waals surface area contributed by atoms with E-state index in [0.29, 0.717) is 34.3 Å². The summed E-state index contributed by atoms with van der Waals surface area (Å²) in [5, 5.41) is 5.79. The van der Waals surface area contributed by atoms with E-state index in [-0.39, 0.29) is 5.69 Å². The minimum Gasteiger partial charge on any atom is -0.493 e. The van der Waals surface area contributed by atoms with Crippen molar-refractivity contribution in [1.82, 2.24) is 4.98 Å². The highest BCUT2D eigenvalue weighted by atomic mass is 19.1. The molecule has 2 aromatic carbocycles. The predicted octanol–water partition coefficient (Wildman–Crippen LogP) is 4.24. The Bertz CT molecular complexity index is 1000. The summed E-state index contributed by atoms with van der Waals surface area (Å²) < 4.78 is 29.3. The van der Waals surface area contributed by atoms with Gasteiger partial charge < -0.3 is 24.8 Å². The Morgan fingerprint density at radius 2 is 1.62 bits per heavy atom. The monoisotopic (exact) mass is 397 g/mol. The minimum absolute atomic E-state index is 0.173. The maximum atomic E-state index is 13.3. The van der Waals surface area contributed by atoms with Gasteiger partial charge in [0.15, 0.2) is 11.5 Å². The quantitative estimate of drug-likeness (QED) is 0.621. The summed E-state index contributed by atoms with van der Waals surface area (Å²) in [6, 6.07) is 12.4.